The van der Waals surface area contributed by atoms with Gasteiger partial charge in [0, 0.05) is 34.9 Å². The Morgan fingerprint density at radius 3 is 2.62 bits per heavy atom. The summed E-state index contributed by atoms with van der Waals surface area (Å²) < 4.78 is 27.2. The number of hydrogen-bond acceptors (Lipinski definition) is 4. The summed E-state index contributed by atoms with van der Waals surface area (Å²) in [5.74, 6) is -0.0100. The monoisotopic (exact) mass is 388 g/mol. The molecule has 2 rings (SSSR count). The summed E-state index contributed by atoms with van der Waals surface area (Å²) in [6, 6.07) is 9.32. The van der Waals surface area contributed by atoms with Crippen molar-refractivity contribution in [1.82, 2.24) is 4.31 Å². The van der Waals surface area contributed by atoms with Crippen molar-refractivity contribution in [2.75, 3.05) is 7.05 Å². The predicted molar refractivity (Wildman–Crippen MR) is 90.4 cm³/mol. The molecule has 0 spiro atoms. The lowest BCUT2D eigenvalue weighted by Crippen LogP contribution is -2.27. The Kier molecular flexibility index (Phi) is 5.56. The van der Waals surface area contributed by atoms with E-state index in [1.807, 2.05) is 35.7 Å². The quantitative estimate of drug-likeness (QED) is 0.826. The second-order valence-electron chi connectivity index (χ2n) is 4.77. The van der Waals surface area contributed by atoms with Crippen LogP contribution in [-0.2, 0) is 28.9 Å². The number of halogens is 1. The van der Waals surface area contributed by atoms with E-state index in [1.54, 1.807) is 7.05 Å². The molecule has 0 aliphatic heterocycles. The van der Waals surface area contributed by atoms with Crippen molar-refractivity contribution in [2.24, 2.45) is 5.73 Å². The molecule has 2 aromatic rings. The molecular weight excluding hydrogens is 372 g/mol. The Morgan fingerprint density at radius 1 is 1.29 bits per heavy atom. The van der Waals surface area contributed by atoms with Gasteiger partial charge in [-0.2, -0.15) is 4.31 Å². The predicted octanol–water partition coefficient (Wildman–Crippen LogP) is 2.93. The van der Waals surface area contributed by atoms with Crippen molar-refractivity contribution in [1.29, 1.82) is 0 Å². The van der Waals surface area contributed by atoms with Crippen LogP contribution in [0.1, 0.15) is 16.0 Å². The summed E-state index contributed by atoms with van der Waals surface area (Å²) in [5.41, 5.74) is 7.28. The molecule has 1 heterocycles. The van der Waals surface area contributed by atoms with Crippen molar-refractivity contribution >= 4 is 37.3 Å². The largest absolute Gasteiger partial charge is 0.326 e. The zero-order valence-electron chi connectivity index (χ0n) is 11.6. The standard InChI is InChI=1S/C14H17BrN2O2S2/c1-17(8-14-6-13(15)9-20-14)21(18,19)10-12-4-2-3-11(5-12)7-16/h2-6,9H,7-8,10,16H2,1H3. The highest BCUT2D eigenvalue weighted by atomic mass is 79.9. The van der Waals surface area contributed by atoms with Crippen molar-refractivity contribution in [3.8, 4) is 0 Å². The van der Waals surface area contributed by atoms with E-state index in [2.05, 4.69) is 15.9 Å². The fourth-order valence-corrected chi connectivity index (χ4v) is 4.66. The van der Waals surface area contributed by atoms with E-state index in [4.69, 9.17) is 5.73 Å². The molecule has 0 fully saturated rings. The van der Waals surface area contributed by atoms with Gasteiger partial charge < -0.3 is 5.73 Å². The maximum absolute atomic E-state index is 12.4. The Morgan fingerprint density at radius 2 is 2.00 bits per heavy atom. The molecule has 0 aliphatic carbocycles. The summed E-state index contributed by atoms with van der Waals surface area (Å²) in [5, 5.41) is 1.94. The number of benzene rings is 1. The fourth-order valence-electron chi connectivity index (χ4n) is 1.92. The van der Waals surface area contributed by atoms with Crippen LogP contribution < -0.4 is 5.73 Å². The molecule has 0 bridgehead atoms. The third-order valence-electron chi connectivity index (χ3n) is 3.05. The summed E-state index contributed by atoms with van der Waals surface area (Å²) >= 11 is 4.91. The number of nitrogens with two attached hydrogens (primary N) is 1. The highest BCUT2D eigenvalue weighted by Crippen LogP contribution is 2.22. The van der Waals surface area contributed by atoms with Gasteiger partial charge in [0.2, 0.25) is 10.0 Å². The second kappa shape index (κ2) is 7.02. The molecule has 0 amide bonds. The van der Waals surface area contributed by atoms with Crippen molar-refractivity contribution in [3.63, 3.8) is 0 Å². The number of sulfonamides is 1. The van der Waals surface area contributed by atoms with Crippen LogP contribution in [0.4, 0.5) is 0 Å². The molecule has 0 aliphatic rings. The maximum atomic E-state index is 12.4. The Hall–Kier alpha value is -0.730. The Balaban J connectivity index is 2.09. The van der Waals surface area contributed by atoms with Gasteiger partial charge in [-0.25, -0.2) is 8.42 Å². The molecule has 4 nitrogen and oxygen atoms in total. The molecule has 0 saturated carbocycles. The number of rotatable bonds is 6. The zero-order chi connectivity index (χ0) is 15.5. The number of thiophene rings is 1. The van der Waals surface area contributed by atoms with E-state index in [0.29, 0.717) is 13.1 Å². The van der Waals surface area contributed by atoms with Crippen LogP contribution in [0.3, 0.4) is 0 Å². The van der Waals surface area contributed by atoms with Crippen LogP contribution >= 0.6 is 27.3 Å². The normalized spacial score (nSPS) is 12.0. The number of nitrogens with zero attached hydrogens (tertiary/aromatic N) is 1. The van der Waals surface area contributed by atoms with Gasteiger partial charge in [0.15, 0.2) is 0 Å². The van der Waals surface area contributed by atoms with Gasteiger partial charge in [-0.15, -0.1) is 11.3 Å². The fraction of sp³-hybridized carbons (Fsp3) is 0.286. The highest BCUT2D eigenvalue weighted by Gasteiger charge is 2.19. The van der Waals surface area contributed by atoms with Crippen molar-refractivity contribution in [2.45, 2.75) is 18.8 Å². The van der Waals surface area contributed by atoms with Crippen molar-refractivity contribution < 1.29 is 8.42 Å². The van der Waals surface area contributed by atoms with E-state index in [0.717, 1.165) is 20.5 Å². The van der Waals surface area contributed by atoms with Gasteiger partial charge in [0.25, 0.3) is 0 Å². The van der Waals surface area contributed by atoms with Gasteiger partial charge in [0.05, 0.1) is 5.75 Å². The molecule has 2 N–H and O–H groups in total. The molecule has 21 heavy (non-hydrogen) atoms. The van der Waals surface area contributed by atoms with Crippen LogP contribution in [0.25, 0.3) is 0 Å². The average Bonchev–Trinajstić information content (AvgIpc) is 2.83. The summed E-state index contributed by atoms with van der Waals surface area (Å²) in [7, 11) is -1.74. The van der Waals surface area contributed by atoms with Gasteiger partial charge in [-0.05, 0) is 33.1 Å². The smallest absolute Gasteiger partial charge is 0.218 e. The molecule has 0 unspecified atom stereocenters. The molecule has 0 saturated heterocycles. The first-order chi connectivity index (χ1) is 9.90. The second-order valence-corrected chi connectivity index (χ2v) is 8.75. The Bertz CT molecular complexity index is 713. The molecule has 114 valence electrons. The minimum atomic E-state index is -3.34. The lowest BCUT2D eigenvalue weighted by Gasteiger charge is -2.16. The van der Waals surface area contributed by atoms with Gasteiger partial charge in [-0.1, -0.05) is 24.3 Å². The minimum Gasteiger partial charge on any atom is -0.326 e. The minimum absolute atomic E-state index is 0.0100. The topological polar surface area (TPSA) is 63.4 Å². The van der Waals surface area contributed by atoms with E-state index >= 15 is 0 Å². The van der Waals surface area contributed by atoms with E-state index in [-0.39, 0.29) is 5.75 Å². The molecular formula is C14H17BrN2O2S2. The van der Waals surface area contributed by atoms with Crippen LogP contribution in [0.5, 0.6) is 0 Å². The van der Waals surface area contributed by atoms with Crippen LogP contribution in [0.2, 0.25) is 0 Å². The molecule has 1 aromatic carbocycles. The van der Waals surface area contributed by atoms with Crippen LogP contribution in [0, 0.1) is 0 Å². The van der Waals surface area contributed by atoms with Crippen molar-refractivity contribution in [3.05, 3.63) is 56.2 Å². The average molecular weight is 389 g/mol. The summed E-state index contributed by atoms with van der Waals surface area (Å²) in [4.78, 5) is 1.00. The molecule has 7 heteroatoms. The third kappa shape index (κ3) is 4.62. The maximum Gasteiger partial charge on any atom is 0.218 e. The first-order valence-electron chi connectivity index (χ1n) is 6.35. The van der Waals surface area contributed by atoms with Crippen LogP contribution in [0.15, 0.2) is 40.2 Å². The number of hydrogen-bond donors (Lipinski definition) is 1. The lowest BCUT2D eigenvalue weighted by atomic mass is 10.1. The Labute approximate surface area is 137 Å². The zero-order valence-corrected chi connectivity index (χ0v) is 14.8. The SMILES string of the molecule is CN(Cc1cc(Br)cs1)S(=O)(=O)Cc1cccc(CN)c1. The summed E-state index contributed by atoms with van der Waals surface area (Å²) in [6.45, 7) is 0.794. The molecule has 0 atom stereocenters. The lowest BCUT2D eigenvalue weighted by molar-refractivity contribution is 0.469. The van der Waals surface area contributed by atoms with Crippen LogP contribution in [-0.4, -0.2) is 19.8 Å². The van der Waals surface area contributed by atoms with Gasteiger partial charge in [-0.3, -0.25) is 0 Å². The third-order valence-corrected chi connectivity index (χ3v) is 6.51. The molecule has 1 aromatic heterocycles. The van der Waals surface area contributed by atoms with E-state index < -0.39 is 10.0 Å². The highest BCUT2D eigenvalue weighted by molar-refractivity contribution is 9.10. The van der Waals surface area contributed by atoms with E-state index in [9.17, 15) is 8.42 Å². The van der Waals surface area contributed by atoms with Gasteiger partial charge >= 0.3 is 0 Å². The summed E-state index contributed by atoms with van der Waals surface area (Å²) in [6.07, 6.45) is 0. The van der Waals surface area contributed by atoms with Gasteiger partial charge in [0.1, 0.15) is 0 Å². The first-order valence-corrected chi connectivity index (χ1v) is 9.63. The molecule has 0 radical (unpaired) electrons. The van der Waals surface area contributed by atoms with E-state index in [1.165, 1.54) is 15.6 Å². The first kappa shape index (κ1) is 16.6.